The predicted octanol–water partition coefficient (Wildman–Crippen LogP) is 3.36. The van der Waals surface area contributed by atoms with E-state index in [1.54, 1.807) is 0 Å². The Morgan fingerprint density at radius 3 is 2.74 bits per heavy atom. The van der Waals surface area contributed by atoms with Crippen LogP contribution in [0.25, 0.3) is 0 Å². The van der Waals surface area contributed by atoms with Gasteiger partial charge in [0.1, 0.15) is 11.0 Å². The summed E-state index contributed by atoms with van der Waals surface area (Å²) in [5.41, 5.74) is 5.86. The molecule has 2 aromatic rings. The van der Waals surface area contributed by atoms with Crippen LogP contribution in [0.1, 0.15) is 10.4 Å². The number of pyridine rings is 1. The SMILES string of the molecule is Nc1cnc(Cl)c(C(=O)Nc2ccc(Cl)cc2F)c1. The normalized spacial score (nSPS) is 10.3. The zero-order valence-electron chi connectivity index (χ0n) is 9.45. The van der Waals surface area contributed by atoms with Crippen molar-refractivity contribution in [2.75, 3.05) is 11.1 Å². The Balaban J connectivity index is 2.28. The van der Waals surface area contributed by atoms with Crippen LogP contribution in [0.4, 0.5) is 15.8 Å². The standard InChI is InChI=1S/C12H8Cl2FN3O/c13-6-1-2-10(9(15)3-6)18-12(19)8-4-7(16)5-17-11(8)14/h1-5H,16H2,(H,18,19). The van der Waals surface area contributed by atoms with Crippen molar-refractivity contribution >= 4 is 40.5 Å². The molecule has 98 valence electrons. The number of halogens is 3. The van der Waals surface area contributed by atoms with Gasteiger partial charge in [-0.1, -0.05) is 23.2 Å². The number of carbonyl (C=O) groups excluding carboxylic acids is 1. The summed E-state index contributed by atoms with van der Waals surface area (Å²) in [6.45, 7) is 0. The number of anilines is 2. The minimum absolute atomic E-state index is 0.00658. The number of nitrogens with one attached hydrogen (secondary N) is 1. The summed E-state index contributed by atoms with van der Waals surface area (Å²) in [6, 6.07) is 5.26. The highest BCUT2D eigenvalue weighted by Crippen LogP contribution is 2.21. The van der Waals surface area contributed by atoms with Gasteiger partial charge in [-0.25, -0.2) is 9.37 Å². The van der Waals surface area contributed by atoms with Gasteiger partial charge in [-0.15, -0.1) is 0 Å². The number of amides is 1. The molecule has 1 heterocycles. The highest BCUT2D eigenvalue weighted by atomic mass is 35.5. The van der Waals surface area contributed by atoms with Crippen molar-refractivity contribution < 1.29 is 9.18 Å². The van der Waals surface area contributed by atoms with E-state index in [2.05, 4.69) is 10.3 Å². The van der Waals surface area contributed by atoms with Crippen LogP contribution in [0.3, 0.4) is 0 Å². The van der Waals surface area contributed by atoms with E-state index in [4.69, 9.17) is 28.9 Å². The molecule has 0 bridgehead atoms. The Bertz CT molecular complexity index is 649. The van der Waals surface area contributed by atoms with E-state index in [-0.39, 0.29) is 27.1 Å². The third-order valence-electron chi connectivity index (χ3n) is 2.28. The Morgan fingerprint density at radius 2 is 2.05 bits per heavy atom. The lowest BCUT2D eigenvalue weighted by atomic mass is 10.2. The van der Waals surface area contributed by atoms with Crippen molar-refractivity contribution in [1.29, 1.82) is 0 Å². The molecular weight excluding hydrogens is 292 g/mol. The van der Waals surface area contributed by atoms with Gasteiger partial charge in [0.15, 0.2) is 0 Å². The number of hydrogen-bond donors (Lipinski definition) is 2. The molecule has 0 saturated carbocycles. The molecule has 0 radical (unpaired) electrons. The first-order chi connectivity index (χ1) is 8.97. The van der Waals surface area contributed by atoms with Gasteiger partial charge < -0.3 is 11.1 Å². The fourth-order valence-corrected chi connectivity index (χ4v) is 1.75. The maximum atomic E-state index is 13.5. The smallest absolute Gasteiger partial charge is 0.258 e. The van der Waals surface area contributed by atoms with Gasteiger partial charge in [-0.2, -0.15) is 0 Å². The molecule has 0 atom stereocenters. The van der Waals surface area contributed by atoms with Crippen LogP contribution in [0.2, 0.25) is 10.2 Å². The molecule has 0 aliphatic carbocycles. The van der Waals surface area contributed by atoms with Crippen molar-refractivity contribution in [3.05, 3.63) is 52.0 Å². The van der Waals surface area contributed by atoms with Crippen LogP contribution >= 0.6 is 23.2 Å². The average Bonchev–Trinajstić information content (AvgIpc) is 2.35. The molecule has 0 saturated heterocycles. The molecular formula is C12H8Cl2FN3O. The topological polar surface area (TPSA) is 68.0 Å². The van der Waals surface area contributed by atoms with Crippen molar-refractivity contribution in [2.45, 2.75) is 0 Å². The first kappa shape index (κ1) is 13.6. The molecule has 3 N–H and O–H groups in total. The van der Waals surface area contributed by atoms with Crippen molar-refractivity contribution in [3.63, 3.8) is 0 Å². The highest BCUT2D eigenvalue weighted by molar-refractivity contribution is 6.33. The lowest BCUT2D eigenvalue weighted by Crippen LogP contribution is -2.14. The van der Waals surface area contributed by atoms with Crippen molar-refractivity contribution in [3.8, 4) is 0 Å². The van der Waals surface area contributed by atoms with Gasteiger partial charge in [-0.3, -0.25) is 4.79 Å². The molecule has 0 unspecified atom stereocenters. The number of rotatable bonds is 2. The highest BCUT2D eigenvalue weighted by Gasteiger charge is 2.14. The van der Waals surface area contributed by atoms with E-state index in [0.29, 0.717) is 0 Å². The fourth-order valence-electron chi connectivity index (χ4n) is 1.40. The first-order valence-electron chi connectivity index (χ1n) is 5.15. The Morgan fingerprint density at radius 1 is 1.32 bits per heavy atom. The molecule has 1 aromatic carbocycles. The minimum atomic E-state index is -0.645. The Hall–Kier alpha value is -1.85. The molecule has 1 aromatic heterocycles. The summed E-state index contributed by atoms with van der Waals surface area (Å²) in [6.07, 6.45) is 1.32. The molecule has 0 spiro atoms. The second-order valence-corrected chi connectivity index (χ2v) is 4.48. The molecule has 4 nitrogen and oxygen atoms in total. The van der Waals surface area contributed by atoms with E-state index in [9.17, 15) is 9.18 Å². The van der Waals surface area contributed by atoms with Crippen molar-refractivity contribution in [2.24, 2.45) is 0 Å². The van der Waals surface area contributed by atoms with E-state index in [1.807, 2.05) is 0 Å². The fraction of sp³-hybridized carbons (Fsp3) is 0. The number of nitrogens with two attached hydrogens (primary N) is 1. The largest absolute Gasteiger partial charge is 0.397 e. The first-order valence-corrected chi connectivity index (χ1v) is 5.90. The number of nitrogens with zero attached hydrogens (tertiary/aromatic N) is 1. The monoisotopic (exact) mass is 299 g/mol. The van der Waals surface area contributed by atoms with Crippen LogP contribution in [0.15, 0.2) is 30.5 Å². The van der Waals surface area contributed by atoms with Gasteiger partial charge in [0.05, 0.1) is 23.1 Å². The lowest BCUT2D eigenvalue weighted by Gasteiger charge is -2.08. The third-order valence-corrected chi connectivity index (χ3v) is 2.82. The zero-order valence-corrected chi connectivity index (χ0v) is 11.0. The molecule has 19 heavy (non-hydrogen) atoms. The molecule has 0 fully saturated rings. The summed E-state index contributed by atoms with van der Waals surface area (Å²) >= 11 is 11.4. The number of aromatic nitrogens is 1. The molecule has 1 amide bonds. The molecule has 0 aliphatic rings. The van der Waals surface area contributed by atoms with Gasteiger partial charge in [0, 0.05) is 5.02 Å². The van der Waals surface area contributed by atoms with Crippen LogP contribution < -0.4 is 11.1 Å². The van der Waals surface area contributed by atoms with Gasteiger partial charge in [0.25, 0.3) is 5.91 Å². The van der Waals surface area contributed by atoms with E-state index in [0.717, 1.165) is 6.07 Å². The Labute approximate surface area is 118 Å². The maximum absolute atomic E-state index is 13.5. The quantitative estimate of drug-likeness (QED) is 0.836. The van der Waals surface area contributed by atoms with E-state index < -0.39 is 11.7 Å². The van der Waals surface area contributed by atoms with Gasteiger partial charge in [0.2, 0.25) is 0 Å². The van der Waals surface area contributed by atoms with Gasteiger partial charge in [-0.05, 0) is 24.3 Å². The number of benzene rings is 1. The van der Waals surface area contributed by atoms with E-state index in [1.165, 1.54) is 24.4 Å². The Kier molecular flexibility index (Phi) is 3.87. The summed E-state index contributed by atoms with van der Waals surface area (Å²) in [5, 5.41) is 2.59. The average molecular weight is 300 g/mol. The molecule has 2 rings (SSSR count). The minimum Gasteiger partial charge on any atom is -0.397 e. The second kappa shape index (κ2) is 5.42. The van der Waals surface area contributed by atoms with E-state index >= 15 is 0 Å². The van der Waals surface area contributed by atoms with Gasteiger partial charge >= 0.3 is 0 Å². The summed E-state index contributed by atoms with van der Waals surface area (Å²) in [7, 11) is 0. The second-order valence-electron chi connectivity index (χ2n) is 3.69. The maximum Gasteiger partial charge on any atom is 0.258 e. The predicted molar refractivity (Wildman–Crippen MR) is 73.0 cm³/mol. The van der Waals surface area contributed by atoms with Crippen LogP contribution in [0, 0.1) is 5.82 Å². The summed E-state index contributed by atoms with van der Waals surface area (Å²) < 4.78 is 13.5. The van der Waals surface area contributed by atoms with Crippen LogP contribution in [-0.2, 0) is 0 Å². The van der Waals surface area contributed by atoms with Crippen molar-refractivity contribution in [1.82, 2.24) is 4.98 Å². The third kappa shape index (κ3) is 3.13. The van der Waals surface area contributed by atoms with Crippen LogP contribution in [-0.4, -0.2) is 10.9 Å². The summed E-state index contributed by atoms with van der Waals surface area (Å²) in [4.78, 5) is 15.7. The number of carbonyl (C=O) groups is 1. The number of nitrogen functional groups attached to an aromatic ring is 1. The molecule has 0 aliphatic heterocycles. The summed E-state index contributed by atoms with van der Waals surface area (Å²) in [5.74, 6) is -1.25. The number of hydrogen-bond acceptors (Lipinski definition) is 3. The zero-order chi connectivity index (χ0) is 14.0. The van der Waals surface area contributed by atoms with Crippen LogP contribution in [0.5, 0.6) is 0 Å². The molecule has 7 heteroatoms. The lowest BCUT2D eigenvalue weighted by molar-refractivity contribution is 0.102.